The van der Waals surface area contributed by atoms with Gasteiger partial charge < -0.3 is 9.64 Å². The van der Waals surface area contributed by atoms with Crippen molar-refractivity contribution in [2.75, 3.05) is 24.6 Å². The number of halogens is 2. The predicted molar refractivity (Wildman–Crippen MR) is 154 cm³/mol. The maximum atomic E-state index is 14.8. The number of nitrogens with one attached hydrogen (secondary N) is 1. The van der Waals surface area contributed by atoms with Crippen molar-refractivity contribution in [3.05, 3.63) is 64.5 Å². The lowest BCUT2D eigenvalue weighted by Crippen LogP contribution is -2.49. The second-order valence-electron chi connectivity index (χ2n) is 12.1. The molecule has 4 atom stereocenters. The van der Waals surface area contributed by atoms with Gasteiger partial charge in [-0.15, -0.1) is 0 Å². The maximum Gasteiger partial charge on any atom is 0.264 e. The van der Waals surface area contributed by atoms with Gasteiger partial charge in [0, 0.05) is 29.9 Å². The Kier molecular flexibility index (Phi) is 7.36. The van der Waals surface area contributed by atoms with Crippen LogP contribution in [0.5, 0.6) is 5.75 Å². The molecule has 2 aromatic rings. The summed E-state index contributed by atoms with van der Waals surface area (Å²) in [6, 6.07) is 11.0. The van der Waals surface area contributed by atoms with E-state index in [-0.39, 0.29) is 41.3 Å². The lowest BCUT2D eigenvalue weighted by Gasteiger charge is -2.46. The lowest BCUT2D eigenvalue weighted by molar-refractivity contribution is -0.119. The van der Waals surface area contributed by atoms with Gasteiger partial charge in [-0.05, 0) is 110 Å². The van der Waals surface area contributed by atoms with Crippen molar-refractivity contribution in [3.63, 3.8) is 0 Å². The summed E-state index contributed by atoms with van der Waals surface area (Å²) in [5, 5.41) is 0.724. The topological polar surface area (TPSA) is 75.7 Å². The number of sulfonamides is 1. The number of carbonyl (C=O) groups excluding carboxylic acids is 1. The molecule has 214 valence electrons. The third-order valence-electron chi connectivity index (χ3n) is 9.44. The smallest absolute Gasteiger partial charge is 0.264 e. The summed E-state index contributed by atoms with van der Waals surface area (Å²) in [5.41, 5.74) is 2.93. The number of hydrogen-bond acceptors (Lipinski definition) is 5. The Hall–Kier alpha value is -2.58. The van der Waals surface area contributed by atoms with Crippen LogP contribution in [0.1, 0.15) is 63.0 Å². The van der Waals surface area contributed by atoms with E-state index in [1.165, 1.54) is 17.2 Å². The van der Waals surface area contributed by atoms with Crippen LogP contribution in [-0.4, -0.2) is 34.0 Å². The molecule has 0 unspecified atom stereocenters. The number of hydrogen-bond donors (Lipinski definition) is 1. The van der Waals surface area contributed by atoms with Gasteiger partial charge in [0.05, 0.1) is 23.0 Å². The van der Waals surface area contributed by atoms with E-state index in [0.717, 1.165) is 49.4 Å². The summed E-state index contributed by atoms with van der Waals surface area (Å²) in [5.74, 6) is 0.554. The van der Waals surface area contributed by atoms with E-state index in [1.54, 1.807) is 18.2 Å². The minimum Gasteiger partial charge on any atom is -0.490 e. The number of benzene rings is 2. The number of aryl methyl sites for hydroxylation is 1. The molecule has 0 aromatic heterocycles. The van der Waals surface area contributed by atoms with E-state index in [4.69, 9.17) is 16.3 Å². The number of fused-ring (bicyclic) bond motifs is 4. The molecule has 1 amide bonds. The summed E-state index contributed by atoms with van der Waals surface area (Å²) < 4.78 is 49.8. The zero-order chi connectivity index (χ0) is 28.1. The van der Waals surface area contributed by atoms with Crippen LogP contribution in [0.2, 0.25) is 5.02 Å². The van der Waals surface area contributed by atoms with Gasteiger partial charge in [0.2, 0.25) is 5.91 Å². The average Bonchev–Trinajstić information content (AvgIpc) is 3.02. The zero-order valence-corrected chi connectivity index (χ0v) is 24.4. The van der Waals surface area contributed by atoms with Crippen LogP contribution >= 0.6 is 11.6 Å². The highest BCUT2D eigenvalue weighted by Crippen LogP contribution is 2.47. The molecule has 1 N–H and O–H groups in total. The molecule has 2 aromatic carbocycles. The van der Waals surface area contributed by atoms with Crippen molar-refractivity contribution in [1.82, 2.24) is 4.72 Å². The Labute approximate surface area is 241 Å². The monoisotopic (exact) mass is 586 g/mol. The van der Waals surface area contributed by atoms with Gasteiger partial charge in [0.1, 0.15) is 5.75 Å². The van der Waals surface area contributed by atoms with Gasteiger partial charge >= 0.3 is 0 Å². The second kappa shape index (κ2) is 10.7. The first-order valence-corrected chi connectivity index (χ1v) is 16.2. The van der Waals surface area contributed by atoms with E-state index in [0.29, 0.717) is 30.7 Å². The summed E-state index contributed by atoms with van der Waals surface area (Å²) in [6.07, 6.45) is 7.04. The fourth-order valence-electron chi connectivity index (χ4n) is 7.23. The van der Waals surface area contributed by atoms with Crippen LogP contribution in [0.25, 0.3) is 0 Å². The van der Waals surface area contributed by atoms with Gasteiger partial charge in [-0.3, -0.25) is 4.79 Å². The van der Waals surface area contributed by atoms with E-state index >= 15 is 0 Å². The minimum atomic E-state index is -4.10. The molecule has 6 nitrogen and oxygen atoms in total. The maximum absolute atomic E-state index is 14.8. The Morgan fingerprint density at radius 1 is 1.10 bits per heavy atom. The van der Waals surface area contributed by atoms with Gasteiger partial charge in [-0.25, -0.2) is 17.5 Å². The Balaban J connectivity index is 1.43. The molecule has 1 fully saturated rings. The van der Waals surface area contributed by atoms with Crippen molar-refractivity contribution in [2.45, 2.75) is 68.6 Å². The number of amides is 1. The molecule has 0 saturated heterocycles. The summed E-state index contributed by atoms with van der Waals surface area (Å²) in [7, 11) is -4.10. The van der Waals surface area contributed by atoms with E-state index in [2.05, 4.69) is 28.7 Å². The molecule has 4 aliphatic rings. The Bertz CT molecular complexity index is 1460. The van der Waals surface area contributed by atoms with Crippen molar-refractivity contribution in [1.29, 1.82) is 0 Å². The van der Waals surface area contributed by atoms with E-state index < -0.39 is 15.9 Å². The number of allylic oxidation sites excluding steroid dienone is 2. The molecule has 0 radical (unpaired) electrons. The number of anilines is 1. The predicted octanol–water partition coefficient (Wildman–Crippen LogP) is 6.32. The first-order valence-electron chi connectivity index (χ1n) is 14.4. The van der Waals surface area contributed by atoms with Crippen molar-refractivity contribution in [3.8, 4) is 5.75 Å². The normalized spacial score (nSPS) is 31.4. The number of carbonyl (C=O) groups is 1. The average molecular weight is 587 g/mol. The lowest BCUT2D eigenvalue weighted by atomic mass is 9.66. The van der Waals surface area contributed by atoms with E-state index in [1.807, 2.05) is 6.07 Å². The van der Waals surface area contributed by atoms with Crippen molar-refractivity contribution in [2.24, 2.45) is 17.8 Å². The molecule has 1 saturated carbocycles. The molecule has 2 aliphatic heterocycles. The van der Waals surface area contributed by atoms with Crippen LogP contribution < -0.4 is 14.4 Å². The quantitative estimate of drug-likeness (QED) is 0.391. The zero-order valence-electron chi connectivity index (χ0n) is 22.8. The fourth-order valence-corrected chi connectivity index (χ4v) is 8.46. The molecule has 9 heteroatoms. The highest BCUT2D eigenvalue weighted by Gasteiger charge is 2.44. The SMILES string of the molecule is C[C@H]1/C=C(\F)CCCC(=O)NS(=O)(=O)c2ccc3c(c2)N(C[C@@H]2CC[C@H]21)C[C@@]1(CCCc2cc(Cl)ccc21)CO3. The summed E-state index contributed by atoms with van der Waals surface area (Å²) in [6.45, 7) is 3.96. The largest absolute Gasteiger partial charge is 0.490 e. The van der Waals surface area contributed by atoms with Gasteiger partial charge in [0.25, 0.3) is 10.0 Å². The molecule has 2 aliphatic carbocycles. The Morgan fingerprint density at radius 3 is 2.75 bits per heavy atom. The Morgan fingerprint density at radius 2 is 1.95 bits per heavy atom. The first kappa shape index (κ1) is 27.6. The van der Waals surface area contributed by atoms with Crippen molar-refractivity contribution < 1.29 is 22.3 Å². The van der Waals surface area contributed by atoms with Gasteiger partial charge in [-0.1, -0.05) is 24.6 Å². The standard InChI is InChI=1S/C31H36ClFN2O4S/c1-20-14-24(33)5-2-6-30(36)34-40(37,38)25-9-12-29-28(16-25)35(17-22-7-10-26(20)22)18-31(19-39-29)13-3-4-21-15-23(32)8-11-27(21)31/h8-9,11-12,14-16,20,22,26H,2-7,10,13,17-19H2,1H3,(H,34,36)/b24-14-/t20-,22-,26-,31-/m0/s1. The minimum absolute atomic E-state index is 0.0247. The van der Waals surface area contributed by atoms with Crippen LogP contribution in [0.15, 0.2) is 53.2 Å². The highest BCUT2D eigenvalue weighted by atomic mass is 35.5. The molecular weight excluding hydrogens is 551 g/mol. The number of nitrogens with zero attached hydrogens (tertiary/aromatic N) is 1. The van der Waals surface area contributed by atoms with Crippen molar-refractivity contribution >= 4 is 33.2 Å². The molecule has 2 heterocycles. The highest BCUT2D eigenvalue weighted by molar-refractivity contribution is 7.90. The molecule has 1 spiro atoms. The number of rotatable bonds is 0. The van der Waals surface area contributed by atoms with Crippen LogP contribution in [0, 0.1) is 17.8 Å². The van der Waals surface area contributed by atoms with Gasteiger partial charge in [-0.2, -0.15) is 0 Å². The third-order valence-corrected chi connectivity index (χ3v) is 11.0. The van der Waals surface area contributed by atoms with Gasteiger partial charge in [0.15, 0.2) is 0 Å². The van der Waals surface area contributed by atoms with Crippen LogP contribution in [0.4, 0.5) is 10.1 Å². The summed E-state index contributed by atoms with van der Waals surface area (Å²) in [4.78, 5) is 14.8. The third kappa shape index (κ3) is 5.25. The van der Waals surface area contributed by atoms with Crippen LogP contribution in [0.3, 0.4) is 0 Å². The molecule has 2 bridgehead atoms. The second-order valence-corrected chi connectivity index (χ2v) is 14.2. The fraction of sp³-hybridized carbons (Fsp3) is 0.516. The van der Waals surface area contributed by atoms with Crippen LogP contribution in [-0.2, 0) is 26.7 Å². The molecular formula is C31H36ClFN2O4S. The summed E-state index contributed by atoms with van der Waals surface area (Å²) >= 11 is 6.37. The molecule has 40 heavy (non-hydrogen) atoms. The number of ether oxygens (including phenoxy) is 1. The van der Waals surface area contributed by atoms with E-state index in [9.17, 15) is 17.6 Å². The molecule has 6 rings (SSSR count). The first-order chi connectivity index (χ1) is 19.1.